The summed E-state index contributed by atoms with van der Waals surface area (Å²) in [5.41, 5.74) is 2.24. The number of piperazine rings is 1. The molecule has 1 aliphatic rings. The molecule has 1 fully saturated rings. The second-order valence-corrected chi connectivity index (χ2v) is 6.59. The summed E-state index contributed by atoms with van der Waals surface area (Å²) in [7, 11) is 0. The van der Waals surface area contributed by atoms with Crippen LogP contribution < -0.4 is 4.90 Å². The van der Waals surface area contributed by atoms with Crippen molar-refractivity contribution in [3.05, 3.63) is 54.5 Å². The van der Waals surface area contributed by atoms with Crippen LogP contribution in [-0.4, -0.2) is 56.7 Å². The Hall–Kier alpha value is -3.42. The third-order valence-electron chi connectivity index (χ3n) is 4.97. The van der Waals surface area contributed by atoms with Gasteiger partial charge in [-0.05, 0) is 24.3 Å². The third kappa shape index (κ3) is 2.88. The van der Waals surface area contributed by atoms with Crippen LogP contribution in [0.25, 0.3) is 16.6 Å². The zero-order valence-electron chi connectivity index (χ0n) is 14.7. The number of fused-ring (bicyclic) bond motifs is 2. The minimum absolute atomic E-state index is 0.0757. The van der Waals surface area contributed by atoms with E-state index >= 15 is 0 Å². The SMILES string of the molecule is O=C(Cc1noc2ccccc12)N1CCN(c2ccc3nccn3n2)CC1. The first-order valence-corrected chi connectivity index (χ1v) is 8.94. The van der Waals surface area contributed by atoms with Crippen molar-refractivity contribution in [3.8, 4) is 0 Å². The van der Waals surface area contributed by atoms with Gasteiger partial charge < -0.3 is 14.3 Å². The first-order chi connectivity index (χ1) is 13.3. The molecule has 136 valence electrons. The van der Waals surface area contributed by atoms with E-state index in [2.05, 4.69) is 20.1 Å². The van der Waals surface area contributed by atoms with Gasteiger partial charge in [-0.3, -0.25) is 4.79 Å². The minimum Gasteiger partial charge on any atom is -0.356 e. The second-order valence-electron chi connectivity index (χ2n) is 6.59. The standard InChI is InChI=1S/C19H18N6O2/c26-19(13-15-14-3-1-2-4-16(14)27-22-15)24-11-9-23(10-12-24)18-6-5-17-20-7-8-25(17)21-18/h1-8H,9-13H2. The Morgan fingerprint density at radius 2 is 1.93 bits per heavy atom. The zero-order valence-corrected chi connectivity index (χ0v) is 14.7. The molecule has 4 aromatic rings. The molecule has 27 heavy (non-hydrogen) atoms. The van der Waals surface area contributed by atoms with Crippen molar-refractivity contribution < 1.29 is 9.32 Å². The molecule has 3 aromatic heterocycles. The molecule has 0 N–H and O–H groups in total. The van der Waals surface area contributed by atoms with E-state index in [4.69, 9.17) is 4.52 Å². The molecule has 8 nitrogen and oxygen atoms in total. The van der Waals surface area contributed by atoms with Gasteiger partial charge in [0.2, 0.25) is 5.91 Å². The van der Waals surface area contributed by atoms with Crippen LogP contribution in [-0.2, 0) is 11.2 Å². The summed E-state index contributed by atoms with van der Waals surface area (Å²) in [4.78, 5) is 21.0. The number of hydrogen-bond acceptors (Lipinski definition) is 6. The molecule has 0 atom stereocenters. The molecule has 8 heteroatoms. The maximum atomic E-state index is 12.7. The Labute approximate surface area is 155 Å². The van der Waals surface area contributed by atoms with E-state index in [1.54, 1.807) is 10.7 Å². The minimum atomic E-state index is 0.0757. The largest absolute Gasteiger partial charge is 0.356 e. The van der Waals surface area contributed by atoms with Crippen LogP contribution in [0.1, 0.15) is 5.69 Å². The van der Waals surface area contributed by atoms with Gasteiger partial charge >= 0.3 is 0 Å². The van der Waals surface area contributed by atoms with Crippen LogP contribution in [0.4, 0.5) is 5.82 Å². The molecule has 1 saturated heterocycles. The summed E-state index contributed by atoms with van der Waals surface area (Å²) in [6.07, 6.45) is 3.83. The fraction of sp³-hybridized carbons (Fsp3) is 0.263. The van der Waals surface area contributed by atoms with E-state index < -0.39 is 0 Å². The van der Waals surface area contributed by atoms with Crippen LogP contribution in [0, 0.1) is 0 Å². The molecule has 1 aromatic carbocycles. The van der Waals surface area contributed by atoms with Crippen molar-refractivity contribution in [1.29, 1.82) is 0 Å². The molecular weight excluding hydrogens is 344 g/mol. The maximum Gasteiger partial charge on any atom is 0.228 e. The lowest BCUT2D eigenvalue weighted by Crippen LogP contribution is -2.49. The number of para-hydroxylation sites is 1. The lowest BCUT2D eigenvalue weighted by molar-refractivity contribution is -0.130. The van der Waals surface area contributed by atoms with E-state index in [-0.39, 0.29) is 12.3 Å². The summed E-state index contributed by atoms with van der Waals surface area (Å²) in [6.45, 7) is 2.83. The molecule has 0 saturated carbocycles. The Kier molecular flexibility index (Phi) is 3.74. The number of carbonyl (C=O) groups excluding carboxylic acids is 1. The number of anilines is 1. The smallest absolute Gasteiger partial charge is 0.228 e. The average molecular weight is 362 g/mol. The van der Waals surface area contributed by atoms with Gasteiger partial charge in [-0.15, -0.1) is 5.10 Å². The van der Waals surface area contributed by atoms with Gasteiger partial charge in [0, 0.05) is 44.0 Å². The lowest BCUT2D eigenvalue weighted by Gasteiger charge is -2.35. The molecule has 5 rings (SSSR count). The highest BCUT2D eigenvalue weighted by Crippen LogP contribution is 2.19. The first-order valence-electron chi connectivity index (χ1n) is 8.94. The fourth-order valence-electron chi connectivity index (χ4n) is 3.48. The predicted octanol–water partition coefficient (Wildman–Crippen LogP) is 1.76. The Morgan fingerprint density at radius 1 is 1.07 bits per heavy atom. The molecule has 0 aliphatic carbocycles. The normalized spacial score (nSPS) is 15.0. The van der Waals surface area contributed by atoms with E-state index in [1.165, 1.54) is 0 Å². The predicted molar refractivity (Wildman–Crippen MR) is 99.5 cm³/mol. The van der Waals surface area contributed by atoms with Gasteiger partial charge in [0.15, 0.2) is 11.2 Å². The number of benzene rings is 1. The summed E-state index contributed by atoms with van der Waals surface area (Å²) < 4.78 is 7.06. The first kappa shape index (κ1) is 15.8. The van der Waals surface area contributed by atoms with Crippen molar-refractivity contribution >= 4 is 28.3 Å². The number of hydrogen-bond donors (Lipinski definition) is 0. The van der Waals surface area contributed by atoms with E-state index in [0.29, 0.717) is 24.4 Å². The Balaban J connectivity index is 1.25. The average Bonchev–Trinajstić information content (AvgIpc) is 3.35. The monoisotopic (exact) mass is 362 g/mol. The zero-order chi connectivity index (χ0) is 18.2. The third-order valence-corrected chi connectivity index (χ3v) is 4.97. The van der Waals surface area contributed by atoms with Crippen LogP contribution in [0.5, 0.6) is 0 Å². The van der Waals surface area contributed by atoms with Crippen LogP contribution >= 0.6 is 0 Å². The maximum absolute atomic E-state index is 12.7. The molecule has 0 radical (unpaired) electrons. The molecule has 4 heterocycles. The summed E-state index contributed by atoms with van der Waals surface area (Å²) in [5.74, 6) is 0.974. The molecule has 0 unspecified atom stereocenters. The number of imidazole rings is 1. The molecule has 0 spiro atoms. The van der Waals surface area contributed by atoms with Gasteiger partial charge in [-0.25, -0.2) is 9.50 Å². The lowest BCUT2D eigenvalue weighted by atomic mass is 10.1. The molecule has 1 amide bonds. The van der Waals surface area contributed by atoms with Gasteiger partial charge in [-0.1, -0.05) is 17.3 Å². The van der Waals surface area contributed by atoms with Crippen LogP contribution in [0.15, 0.2) is 53.3 Å². The topological polar surface area (TPSA) is 79.8 Å². The van der Waals surface area contributed by atoms with Crippen molar-refractivity contribution in [1.82, 2.24) is 24.7 Å². The molecule has 0 bridgehead atoms. The quantitative estimate of drug-likeness (QED) is 0.553. The van der Waals surface area contributed by atoms with Crippen molar-refractivity contribution in [2.45, 2.75) is 6.42 Å². The number of carbonyl (C=O) groups is 1. The van der Waals surface area contributed by atoms with Crippen molar-refractivity contribution in [3.63, 3.8) is 0 Å². The second kappa shape index (κ2) is 6.39. The van der Waals surface area contributed by atoms with Crippen molar-refractivity contribution in [2.75, 3.05) is 31.1 Å². The van der Waals surface area contributed by atoms with Gasteiger partial charge in [0.1, 0.15) is 11.5 Å². The van der Waals surface area contributed by atoms with Gasteiger partial charge in [0.25, 0.3) is 0 Å². The van der Waals surface area contributed by atoms with Crippen LogP contribution in [0.3, 0.4) is 0 Å². The summed E-state index contributed by atoms with van der Waals surface area (Å²) in [6, 6.07) is 11.5. The van der Waals surface area contributed by atoms with E-state index in [1.807, 2.05) is 47.5 Å². The summed E-state index contributed by atoms with van der Waals surface area (Å²) in [5, 5.41) is 9.55. The summed E-state index contributed by atoms with van der Waals surface area (Å²) >= 11 is 0. The van der Waals surface area contributed by atoms with E-state index in [0.717, 1.165) is 29.9 Å². The number of amides is 1. The number of aromatic nitrogens is 4. The highest BCUT2D eigenvalue weighted by Gasteiger charge is 2.23. The van der Waals surface area contributed by atoms with Crippen LogP contribution in [0.2, 0.25) is 0 Å². The highest BCUT2D eigenvalue weighted by atomic mass is 16.5. The Bertz CT molecular complexity index is 1110. The Morgan fingerprint density at radius 3 is 2.81 bits per heavy atom. The fourth-order valence-corrected chi connectivity index (χ4v) is 3.48. The van der Waals surface area contributed by atoms with E-state index in [9.17, 15) is 4.79 Å². The van der Waals surface area contributed by atoms with Gasteiger partial charge in [-0.2, -0.15) is 0 Å². The molecule has 1 aliphatic heterocycles. The highest BCUT2D eigenvalue weighted by molar-refractivity contribution is 5.86. The van der Waals surface area contributed by atoms with Crippen molar-refractivity contribution in [2.24, 2.45) is 0 Å². The van der Waals surface area contributed by atoms with Gasteiger partial charge in [0.05, 0.1) is 6.42 Å². The number of nitrogens with zero attached hydrogens (tertiary/aromatic N) is 6. The number of rotatable bonds is 3. The molecular formula is C19H18N6O2.